The summed E-state index contributed by atoms with van der Waals surface area (Å²) >= 11 is 0. The Morgan fingerprint density at radius 1 is 0.347 bits per heavy atom. The Morgan fingerprint density at radius 3 is 0.958 bits per heavy atom. The topological polar surface area (TPSA) is 0 Å². The van der Waals surface area contributed by atoms with Crippen LogP contribution in [0.5, 0.6) is 0 Å². The summed E-state index contributed by atoms with van der Waals surface area (Å²) in [6.07, 6.45) is 32.7. The molecule has 0 heterocycles. The van der Waals surface area contributed by atoms with Crippen LogP contribution in [0.4, 0.5) is 0 Å². The summed E-state index contributed by atoms with van der Waals surface area (Å²) in [5.74, 6) is 7.92. The molecule has 7 rings (SSSR count). The molecule has 430 valence electrons. The highest BCUT2D eigenvalue weighted by atomic mass is 14.5. The molecule has 3 unspecified atom stereocenters. The molecule has 0 spiro atoms. The molecule has 72 heavy (non-hydrogen) atoms. The van der Waals surface area contributed by atoms with E-state index in [1.165, 1.54) is 128 Å². The molecule has 0 saturated heterocycles. The van der Waals surface area contributed by atoms with Crippen LogP contribution in [0.1, 0.15) is 367 Å². The number of rotatable bonds is 5. The molecule has 3 atom stereocenters. The largest absolute Gasteiger partial charge is 0.0625 e. The summed E-state index contributed by atoms with van der Waals surface area (Å²) in [5.41, 5.74) is 2.06. The summed E-state index contributed by atoms with van der Waals surface area (Å²) < 4.78 is 49.2. The first kappa shape index (κ1) is 58.2. The number of fused-ring (bicyclic) bond motifs is 2. The predicted molar refractivity (Wildman–Crippen MR) is 329 cm³/mol. The van der Waals surface area contributed by atoms with Crippen molar-refractivity contribution >= 4 is 0 Å². The quantitative estimate of drug-likeness (QED) is 0.257. The van der Waals surface area contributed by atoms with Gasteiger partial charge in [0.1, 0.15) is 0 Å². The van der Waals surface area contributed by atoms with Crippen LogP contribution in [-0.2, 0) is 0 Å². The molecule has 0 aromatic heterocycles. The highest BCUT2D eigenvalue weighted by molar-refractivity contribution is 4.94. The van der Waals surface area contributed by atoms with Gasteiger partial charge in [0.05, 0.1) is 0 Å². The van der Waals surface area contributed by atoms with Gasteiger partial charge in [0, 0.05) is 8.22 Å². The molecule has 2 bridgehead atoms. The normalized spacial score (nSPS) is 31.4. The Kier molecular flexibility index (Phi) is 24.1. The second-order valence-corrected chi connectivity index (χ2v) is 34.8. The zero-order chi connectivity index (χ0) is 60.4. The molecular weight excluding hydrogens is 865 g/mol. The van der Waals surface area contributed by atoms with Crippen molar-refractivity contribution in [2.24, 2.45) is 102 Å². The molecule has 0 aliphatic heterocycles. The van der Waals surface area contributed by atoms with Crippen LogP contribution in [0.15, 0.2) is 0 Å². The van der Waals surface area contributed by atoms with Crippen molar-refractivity contribution in [3.8, 4) is 0 Å². The van der Waals surface area contributed by atoms with Gasteiger partial charge < -0.3 is 0 Å². The molecular formula is C72H142. The van der Waals surface area contributed by atoms with Crippen LogP contribution in [-0.4, -0.2) is 0 Å². The third-order valence-electron chi connectivity index (χ3n) is 18.1. The van der Waals surface area contributed by atoms with E-state index in [0.29, 0.717) is 33.0 Å². The fourth-order valence-electron chi connectivity index (χ4n) is 14.3. The average Bonchev–Trinajstić information content (AvgIpc) is 3.93. The lowest BCUT2D eigenvalue weighted by atomic mass is 9.69. The van der Waals surface area contributed by atoms with E-state index >= 15 is 0 Å². The molecule has 0 heteroatoms. The Morgan fingerprint density at radius 2 is 0.667 bits per heavy atom. The summed E-state index contributed by atoms with van der Waals surface area (Å²) in [4.78, 5) is 0. The Bertz CT molecular complexity index is 1620. The molecule has 0 nitrogen and oxygen atoms in total. The van der Waals surface area contributed by atoms with E-state index in [4.69, 9.17) is 8.22 Å². The van der Waals surface area contributed by atoms with Crippen molar-refractivity contribution in [3.63, 3.8) is 0 Å². The van der Waals surface area contributed by atoms with Crippen LogP contribution in [0, 0.1) is 102 Å². The first-order valence-electron chi connectivity index (χ1n) is 35.0. The fourth-order valence-corrected chi connectivity index (χ4v) is 14.3. The Balaban J connectivity index is 0.000000321. The lowest BCUT2D eigenvalue weighted by Gasteiger charge is -2.36. The van der Waals surface area contributed by atoms with E-state index in [2.05, 4.69) is 104 Å². The Hall–Kier alpha value is 0. The molecule has 0 N–H and O–H groups in total. The molecule has 7 saturated carbocycles. The highest BCUT2D eigenvalue weighted by Gasteiger charge is 2.44. The Labute approximate surface area is 467 Å². The van der Waals surface area contributed by atoms with E-state index in [9.17, 15) is 0 Å². The summed E-state index contributed by atoms with van der Waals surface area (Å²) in [6, 6.07) is 0. The third-order valence-corrected chi connectivity index (χ3v) is 18.1. The lowest BCUT2D eigenvalue weighted by Crippen LogP contribution is -2.25. The molecule has 0 amide bonds. The van der Waals surface area contributed by atoms with Crippen LogP contribution < -0.4 is 0 Å². The smallest absolute Gasteiger partial charge is 0.0275 e. The van der Waals surface area contributed by atoms with Gasteiger partial charge in [0.25, 0.3) is 0 Å². The van der Waals surface area contributed by atoms with E-state index in [1.807, 2.05) is 62.3 Å². The van der Waals surface area contributed by atoms with Gasteiger partial charge in [-0.3, -0.25) is 0 Å². The van der Waals surface area contributed by atoms with E-state index in [0.717, 1.165) is 80.0 Å². The zero-order valence-corrected chi connectivity index (χ0v) is 54.4. The lowest BCUT2D eigenvalue weighted by molar-refractivity contribution is 0.154. The van der Waals surface area contributed by atoms with Gasteiger partial charge >= 0.3 is 0 Å². The molecule has 7 aliphatic rings. The summed E-state index contributed by atoms with van der Waals surface area (Å²) in [5, 5.41) is 0. The second kappa shape index (κ2) is 29.8. The van der Waals surface area contributed by atoms with Crippen molar-refractivity contribution in [1.82, 2.24) is 0 Å². The molecule has 7 aliphatic carbocycles. The zero-order valence-electron chi connectivity index (χ0n) is 60.4. The third kappa shape index (κ3) is 33.3. The monoisotopic (exact) mass is 1010 g/mol. The first-order valence-corrected chi connectivity index (χ1v) is 32.0. The van der Waals surface area contributed by atoms with E-state index in [1.54, 1.807) is 6.42 Å². The van der Waals surface area contributed by atoms with Crippen molar-refractivity contribution in [2.75, 3.05) is 0 Å². The van der Waals surface area contributed by atoms with Gasteiger partial charge in [-0.25, -0.2) is 0 Å². The molecule has 0 radical (unpaired) electrons. The van der Waals surface area contributed by atoms with Gasteiger partial charge in [-0.1, -0.05) is 256 Å². The number of hydrogen-bond acceptors (Lipinski definition) is 0. The SMILES string of the molecule is CC(C)(C)C1CC2CCC1C2.CC(C)(C)CC1CCC(C)(C)CC1.CC1CCC(CC(C)(C)C)CC1.[2H]C([2H])(C1CCC(C)(C)CC1)C(C)(C)C.[2H]C([2H])(C1CCC(C)CC1)C(C)(C)C.[2H]C([2H])(C1CCCCC1)C(C)(C)C. The van der Waals surface area contributed by atoms with E-state index in [-0.39, 0.29) is 28.1 Å². The van der Waals surface area contributed by atoms with Crippen LogP contribution in [0.3, 0.4) is 0 Å². The second-order valence-electron chi connectivity index (χ2n) is 34.8. The van der Waals surface area contributed by atoms with Gasteiger partial charge in [0.2, 0.25) is 0 Å². The minimum absolute atomic E-state index is 0.213. The maximum Gasteiger partial charge on any atom is 0.0275 e. The first-order chi connectivity index (χ1) is 35.0. The average molecular weight is 1010 g/mol. The molecule has 0 aromatic carbocycles. The fraction of sp³-hybridized carbons (Fsp3) is 1.00. The van der Waals surface area contributed by atoms with Gasteiger partial charge in [0.15, 0.2) is 0 Å². The van der Waals surface area contributed by atoms with Crippen molar-refractivity contribution in [1.29, 1.82) is 0 Å². The molecule has 0 aromatic rings. The number of hydrogen-bond donors (Lipinski definition) is 0. The maximum absolute atomic E-state index is 8.27. The van der Waals surface area contributed by atoms with E-state index < -0.39 is 19.1 Å². The molecule has 7 fully saturated rings. The summed E-state index contributed by atoms with van der Waals surface area (Å²) in [6.45, 7) is 53.7. The van der Waals surface area contributed by atoms with Crippen LogP contribution >= 0.6 is 0 Å². The van der Waals surface area contributed by atoms with Gasteiger partial charge in [-0.15, -0.1) is 0 Å². The standard InChI is InChI=1S/2C13H26.2C12H24.C11H20.C11H22/c2*1-12(2,3)10-11-6-8-13(4,5)9-7-11;2*1-10-5-7-11(8-6-10)9-12(2,3)4;1-11(2,3)10-7-8-4-5-9(10)6-8;1-11(2,3)9-10-7-5-4-6-8-10/h2*11H,6-10H2,1-5H3;2*10-11H,5-9H2,1-4H3;8-10H,4-7H2,1-3H3;10H,4-9H2,1-3H3/i10D2;;9D2;;;9D2. The predicted octanol–water partition coefficient (Wildman–Crippen LogP) is 25.2. The van der Waals surface area contributed by atoms with Crippen molar-refractivity contribution in [3.05, 3.63) is 0 Å². The van der Waals surface area contributed by atoms with Crippen LogP contribution in [0.2, 0.25) is 0 Å². The van der Waals surface area contributed by atoms with Gasteiger partial charge in [-0.05, 0) is 205 Å². The van der Waals surface area contributed by atoms with Crippen molar-refractivity contribution in [2.45, 2.75) is 359 Å². The minimum Gasteiger partial charge on any atom is -0.0625 e. The highest BCUT2D eigenvalue weighted by Crippen LogP contribution is 2.54. The van der Waals surface area contributed by atoms with Crippen LogP contribution in [0.25, 0.3) is 0 Å². The minimum atomic E-state index is -1.02. The maximum atomic E-state index is 8.27. The summed E-state index contributed by atoms with van der Waals surface area (Å²) in [7, 11) is 0. The van der Waals surface area contributed by atoms with Crippen molar-refractivity contribution < 1.29 is 8.22 Å². The van der Waals surface area contributed by atoms with Gasteiger partial charge in [-0.2, -0.15) is 0 Å².